The normalized spacial score (nSPS) is 13.7. The standard InChI is InChI=1S/C20H43OP/c1-5-9-16-22(17-10-6-2,18-11-7-3,19-12-8-4)20-14-13-15-21/h15H,5-14,16-20H2,1-4H3. The Morgan fingerprint density at radius 2 is 0.909 bits per heavy atom. The number of hydrogen-bond acceptors (Lipinski definition) is 1. The number of rotatable bonds is 16. The molecule has 0 bridgehead atoms. The zero-order chi connectivity index (χ0) is 16.8. The van der Waals surface area contributed by atoms with E-state index in [2.05, 4.69) is 27.7 Å². The Morgan fingerprint density at radius 1 is 0.591 bits per heavy atom. The molecule has 0 aliphatic rings. The maximum atomic E-state index is 10.9. The molecule has 2 heteroatoms. The Labute approximate surface area is 141 Å². The van der Waals surface area contributed by atoms with Gasteiger partial charge in [0.1, 0.15) is 0 Å². The monoisotopic (exact) mass is 330 g/mol. The molecule has 0 aromatic heterocycles. The quantitative estimate of drug-likeness (QED) is 0.174. The Hall–Kier alpha value is 0.100. The van der Waals surface area contributed by atoms with Crippen LogP contribution < -0.4 is 0 Å². The van der Waals surface area contributed by atoms with Gasteiger partial charge in [0.15, 0.2) is 0 Å². The van der Waals surface area contributed by atoms with Crippen molar-refractivity contribution >= 4 is 12.9 Å². The molecule has 0 aromatic rings. The van der Waals surface area contributed by atoms with Crippen LogP contribution in [0.5, 0.6) is 0 Å². The van der Waals surface area contributed by atoms with Crippen LogP contribution in [-0.4, -0.2) is 37.1 Å². The first kappa shape index (κ1) is 22.1. The van der Waals surface area contributed by atoms with E-state index < -0.39 is 6.60 Å². The molecular weight excluding hydrogens is 287 g/mol. The molecule has 0 amide bonds. The van der Waals surface area contributed by atoms with Gasteiger partial charge >= 0.3 is 140 Å². The third-order valence-corrected chi connectivity index (χ3v) is 13.6. The average molecular weight is 331 g/mol. The van der Waals surface area contributed by atoms with Gasteiger partial charge in [-0.25, -0.2) is 0 Å². The third kappa shape index (κ3) is 7.58. The molecule has 0 saturated heterocycles. The van der Waals surface area contributed by atoms with Crippen molar-refractivity contribution in [2.24, 2.45) is 0 Å². The second kappa shape index (κ2) is 12.5. The van der Waals surface area contributed by atoms with Gasteiger partial charge in [-0.2, -0.15) is 0 Å². The van der Waals surface area contributed by atoms with Gasteiger partial charge in [-0.1, -0.05) is 0 Å². The molecule has 0 aliphatic heterocycles. The number of carbonyl (C=O) groups is 1. The average Bonchev–Trinajstić information content (AvgIpc) is 2.55. The van der Waals surface area contributed by atoms with Crippen molar-refractivity contribution < 1.29 is 4.79 Å². The van der Waals surface area contributed by atoms with Gasteiger partial charge in [0, 0.05) is 0 Å². The molecule has 0 aliphatic carbocycles. The first-order valence-corrected chi connectivity index (χ1v) is 13.2. The fourth-order valence-corrected chi connectivity index (χ4v) is 12.3. The molecule has 1 nitrogen and oxygen atoms in total. The molecule has 0 aromatic carbocycles. The van der Waals surface area contributed by atoms with Crippen molar-refractivity contribution in [3.63, 3.8) is 0 Å². The minimum absolute atomic E-state index is 0.786. The number of aldehydes is 1. The van der Waals surface area contributed by atoms with Crippen molar-refractivity contribution in [3.05, 3.63) is 0 Å². The van der Waals surface area contributed by atoms with Gasteiger partial charge in [0.05, 0.1) is 0 Å². The summed E-state index contributed by atoms with van der Waals surface area (Å²) in [5.41, 5.74) is 0. The van der Waals surface area contributed by atoms with Crippen LogP contribution in [0.4, 0.5) is 0 Å². The van der Waals surface area contributed by atoms with Gasteiger partial charge in [0.2, 0.25) is 0 Å². The molecule has 0 saturated carbocycles. The number of unbranched alkanes of at least 4 members (excludes halogenated alkanes) is 5. The Kier molecular flexibility index (Phi) is 12.6. The summed E-state index contributed by atoms with van der Waals surface area (Å²) in [6.45, 7) is 7.76. The Balaban J connectivity index is 5.38. The van der Waals surface area contributed by atoms with E-state index in [1.54, 1.807) is 0 Å². The molecule has 0 heterocycles. The van der Waals surface area contributed by atoms with Crippen LogP contribution in [0.25, 0.3) is 0 Å². The third-order valence-electron chi connectivity index (χ3n) is 5.69. The SMILES string of the molecule is CCCCP(CCCC)(CCCC)(CCCC)CCCC=O. The van der Waals surface area contributed by atoms with Gasteiger partial charge < -0.3 is 0 Å². The molecule has 0 unspecified atom stereocenters. The van der Waals surface area contributed by atoms with Crippen LogP contribution in [0.2, 0.25) is 0 Å². The first-order valence-electron chi connectivity index (χ1n) is 10.1. The number of carbonyl (C=O) groups excluding carboxylic acids is 1. The van der Waals surface area contributed by atoms with E-state index in [0.717, 1.165) is 19.1 Å². The van der Waals surface area contributed by atoms with Gasteiger partial charge in [0.25, 0.3) is 0 Å². The molecule has 0 N–H and O–H groups in total. The van der Waals surface area contributed by atoms with E-state index in [0.29, 0.717) is 0 Å². The van der Waals surface area contributed by atoms with E-state index in [9.17, 15) is 4.79 Å². The molecule has 0 rings (SSSR count). The molecule has 0 radical (unpaired) electrons. The second-order valence-corrected chi connectivity index (χ2v) is 14.3. The second-order valence-electron chi connectivity index (χ2n) is 7.58. The Bertz CT molecular complexity index is 231. The minimum atomic E-state index is -1.62. The zero-order valence-corrected chi connectivity index (χ0v) is 16.9. The summed E-state index contributed by atoms with van der Waals surface area (Å²) in [5, 5.41) is 0. The van der Waals surface area contributed by atoms with Gasteiger partial charge in [-0.3, -0.25) is 0 Å². The van der Waals surface area contributed by atoms with Crippen LogP contribution >= 0.6 is 6.60 Å². The van der Waals surface area contributed by atoms with Crippen LogP contribution in [0.3, 0.4) is 0 Å². The Morgan fingerprint density at radius 3 is 1.18 bits per heavy atom. The first-order chi connectivity index (χ1) is 10.6. The van der Waals surface area contributed by atoms with Crippen LogP contribution in [0.1, 0.15) is 91.9 Å². The fourth-order valence-electron chi connectivity index (χ4n) is 4.16. The summed E-state index contributed by atoms with van der Waals surface area (Å²) in [6.07, 6.45) is 21.5. The van der Waals surface area contributed by atoms with E-state index in [4.69, 9.17) is 0 Å². The van der Waals surface area contributed by atoms with Crippen molar-refractivity contribution in [2.45, 2.75) is 91.9 Å². The summed E-state index contributed by atoms with van der Waals surface area (Å²) in [6, 6.07) is 0. The van der Waals surface area contributed by atoms with Gasteiger partial charge in [-0.05, 0) is 0 Å². The van der Waals surface area contributed by atoms with Crippen molar-refractivity contribution in [1.29, 1.82) is 0 Å². The van der Waals surface area contributed by atoms with Gasteiger partial charge in [-0.15, -0.1) is 0 Å². The predicted molar refractivity (Wildman–Crippen MR) is 106 cm³/mol. The van der Waals surface area contributed by atoms with Crippen molar-refractivity contribution in [2.75, 3.05) is 30.8 Å². The van der Waals surface area contributed by atoms with E-state index >= 15 is 0 Å². The number of hydrogen-bond donors (Lipinski definition) is 0. The van der Waals surface area contributed by atoms with E-state index in [1.807, 2.05) is 0 Å². The maximum absolute atomic E-state index is 10.9. The van der Waals surface area contributed by atoms with Crippen molar-refractivity contribution in [3.8, 4) is 0 Å². The molecule has 0 atom stereocenters. The molecule has 0 fully saturated rings. The van der Waals surface area contributed by atoms with E-state index in [-0.39, 0.29) is 0 Å². The topological polar surface area (TPSA) is 17.1 Å². The molecule has 134 valence electrons. The molecular formula is C20H43OP. The van der Waals surface area contributed by atoms with Crippen LogP contribution in [-0.2, 0) is 4.79 Å². The summed E-state index contributed by atoms with van der Waals surface area (Å²) < 4.78 is 0. The predicted octanol–water partition coefficient (Wildman–Crippen LogP) is 6.72. The fraction of sp³-hybridized carbons (Fsp3) is 0.950. The van der Waals surface area contributed by atoms with Crippen LogP contribution in [0, 0.1) is 0 Å². The summed E-state index contributed by atoms with van der Waals surface area (Å²) in [5.74, 6) is 0. The molecule has 0 spiro atoms. The zero-order valence-electron chi connectivity index (χ0n) is 16.0. The summed E-state index contributed by atoms with van der Waals surface area (Å²) >= 11 is 0. The van der Waals surface area contributed by atoms with Crippen LogP contribution in [0.15, 0.2) is 0 Å². The summed E-state index contributed by atoms with van der Waals surface area (Å²) in [7, 11) is 0. The van der Waals surface area contributed by atoms with Crippen molar-refractivity contribution in [1.82, 2.24) is 0 Å². The van der Waals surface area contributed by atoms with E-state index in [1.165, 1.54) is 82.2 Å². The molecule has 22 heavy (non-hydrogen) atoms. The summed E-state index contributed by atoms with van der Waals surface area (Å²) in [4.78, 5) is 10.9.